The highest BCUT2D eigenvalue weighted by Crippen LogP contribution is 2.64. The van der Waals surface area contributed by atoms with Crippen molar-refractivity contribution in [2.45, 2.75) is 57.1 Å². The second-order valence-corrected chi connectivity index (χ2v) is 10.2. The van der Waals surface area contributed by atoms with Gasteiger partial charge in [0.25, 0.3) is 0 Å². The predicted molar refractivity (Wildman–Crippen MR) is 82.6 cm³/mol. The molecular weight excluding hydrogens is 477 g/mol. The minimum Gasteiger partial charge on any atom is -0.610 e. The molecule has 0 saturated heterocycles. The van der Waals surface area contributed by atoms with Crippen molar-refractivity contribution in [3.8, 4) is 0 Å². The zero-order valence-electron chi connectivity index (χ0n) is 15.8. The highest BCUT2D eigenvalue weighted by atomic mass is 32.2. The number of sulfonamides is 1. The van der Waals surface area contributed by atoms with E-state index in [1.54, 1.807) is 0 Å². The van der Waals surface area contributed by atoms with E-state index in [4.69, 9.17) is 0 Å². The number of Topliss-reactive ketones (excluding diaryl/α,β-unsaturated/α-hetero) is 1. The Labute approximate surface area is 169 Å². The molecule has 3 unspecified atom stereocenters. The normalized spacial score (nSPS) is 28.1. The summed E-state index contributed by atoms with van der Waals surface area (Å²) in [5.74, 6) is -28.5. The van der Waals surface area contributed by atoms with Crippen molar-refractivity contribution in [2.75, 3.05) is 5.75 Å². The van der Waals surface area contributed by atoms with Crippen LogP contribution in [0.1, 0.15) is 33.1 Å². The SMILES string of the molecule is CC1(C)C2CCC1(CS(=O)(=O)[NH+]([O-])C(=O)C(F)(F)C(F)(F)C(F)(F)C(F)(F)F)C(=O)C2. The minimum atomic E-state index is -7.47. The van der Waals surface area contributed by atoms with Crippen LogP contribution in [0.4, 0.5) is 39.5 Å². The molecule has 0 aliphatic heterocycles. The smallest absolute Gasteiger partial charge is 0.460 e. The van der Waals surface area contributed by atoms with E-state index in [1.807, 2.05) is 0 Å². The number of hydrogen-bond acceptors (Lipinski definition) is 5. The number of nitrogens with one attached hydrogen (secondary N) is 1. The van der Waals surface area contributed by atoms with Gasteiger partial charge < -0.3 is 5.21 Å². The number of ketones is 1. The first-order chi connectivity index (χ1) is 13.5. The molecule has 1 N–H and O–H groups in total. The molecule has 2 aliphatic carbocycles. The van der Waals surface area contributed by atoms with Crippen LogP contribution in [-0.4, -0.2) is 49.8 Å². The molecule has 2 fully saturated rings. The van der Waals surface area contributed by atoms with Gasteiger partial charge in [0, 0.05) is 6.42 Å². The Balaban J connectivity index is 2.40. The molecule has 2 rings (SSSR count). The van der Waals surface area contributed by atoms with Crippen LogP contribution < -0.4 is 4.47 Å². The number of hydrogen-bond donors (Lipinski definition) is 1. The fourth-order valence-electron chi connectivity index (χ4n) is 4.29. The van der Waals surface area contributed by atoms with E-state index in [9.17, 15) is 62.7 Å². The zero-order chi connectivity index (χ0) is 24.6. The fraction of sp³-hybridized carbons (Fsp3) is 0.867. The summed E-state index contributed by atoms with van der Waals surface area (Å²) in [7, 11) is -5.76. The second-order valence-electron chi connectivity index (χ2n) is 8.26. The third-order valence-electron chi connectivity index (χ3n) is 6.47. The van der Waals surface area contributed by atoms with E-state index < -0.39 is 66.7 Å². The Morgan fingerprint density at radius 3 is 1.90 bits per heavy atom. The van der Waals surface area contributed by atoms with Gasteiger partial charge in [0.2, 0.25) is 0 Å². The van der Waals surface area contributed by atoms with E-state index >= 15 is 0 Å². The number of halogens is 9. The Hall–Kier alpha value is -1.42. The molecule has 16 heteroatoms. The number of hydroxylamine groups is 1. The average Bonchev–Trinajstić information content (AvgIpc) is 2.92. The van der Waals surface area contributed by atoms with E-state index in [0.29, 0.717) is 6.42 Å². The van der Waals surface area contributed by atoms with Crippen molar-refractivity contribution >= 4 is 21.7 Å². The van der Waals surface area contributed by atoms with Gasteiger partial charge in [-0.25, -0.2) is 4.79 Å². The van der Waals surface area contributed by atoms with Crippen molar-refractivity contribution in [3.63, 3.8) is 0 Å². The first kappa shape index (κ1) is 25.8. The largest absolute Gasteiger partial charge is 0.610 e. The molecule has 2 saturated carbocycles. The molecule has 2 aliphatic rings. The fourth-order valence-corrected chi connectivity index (χ4v) is 6.15. The van der Waals surface area contributed by atoms with Crippen LogP contribution in [0.5, 0.6) is 0 Å². The van der Waals surface area contributed by atoms with Gasteiger partial charge in [0.15, 0.2) is 0 Å². The van der Waals surface area contributed by atoms with Crippen LogP contribution in [0.25, 0.3) is 0 Å². The second kappa shape index (κ2) is 6.79. The van der Waals surface area contributed by atoms with Gasteiger partial charge in [-0.2, -0.15) is 52.4 Å². The number of alkyl halides is 9. The van der Waals surface area contributed by atoms with Crippen molar-refractivity contribution in [2.24, 2.45) is 16.7 Å². The maximum absolute atomic E-state index is 13.7. The number of rotatable bonds is 6. The summed E-state index contributed by atoms with van der Waals surface area (Å²) in [6, 6.07) is 0. The van der Waals surface area contributed by atoms with Crippen LogP contribution in [0.3, 0.4) is 0 Å². The average molecular weight is 493 g/mol. The first-order valence-corrected chi connectivity index (χ1v) is 10.2. The number of amides is 1. The third kappa shape index (κ3) is 3.27. The van der Waals surface area contributed by atoms with Crippen molar-refractivity contribution in [3.05, 3.63) is 5.21 Å². The Morgan fingerprint density at radius 2 is 1.55 bits per heavy atom. The van der Waals surface area contributed by atoms with Crippen molar-refractivity contribution in [1.82, 2.24) is 0 Å². The number of carbonyl (C=O) groups is 2. The molecule has 0 aromatic carbocycles. The van der Waals surface area contributed by atoms with Crippen LogP contribution >= 0.6 is 0 Å². The molecule has 2 bridgehead atoms. The van der Waals surface area contributed by atoms with Gasteiger partial charge in [-0.05, 0) is 24.2 Å². The molecule has 3 atom stereocenters. The topological polar surface area (TPSA) is 95.8 Å². The Bertz CT molecular complexity index is 899. The van der Waals surface area contributed by atoms with Gasteiger partial charge >= 0.3 is 39.9 Å². The van der Waals surface area contributed by atoms with Gasteiger partial charge in [-0.15, -0.1) is 0 Å². The van der Waals surface area contributed by atoms with Crippen LogP contribution in [0, 0.1) is 22.0 Å². The Morgan fingerprint density at radius 1 is 1.06 bits per heavy atom. The summed E-state index contributed by atoms with van der Waals surface area (Å²) in [4.78, 5) is 23.8. The standard InChI is InChI=1S/C15H16F9NO5S/c1-10(2)7-3-4-11(10,8(26)5-7)6-31(29,30)25(28)9(27)12(16,17)13(18,19)14(20,21)15(22,23)24/h7,25H,3-6H2,1-2H3. The lowest BCUT2D eigenvalue weighted by molar-refractivity contribution is -0.631. The molecule has 0 spiro atoms. The van der Waals surface area contributed by atoms with Crippen LogP contribution in [-0.2, 0) is 19.6 Å². The number of fused-ring (bicyclic) bond motifs is 2. The molecule has 180 valence electrons. The highest BCUT2D eigenvalue weighted by Gasteiger charge is 2.85. The van der Waals surface area contributed by atoms with E-state index in [2.05, 4.69) is 0 Å². The molecule has 0 aromatic heterocycles. The predicted octanol–water partition coefficient (Wildman–Crippen LogP) is 2.09. The molecule has 1 amide bonds. The highest BCUT2D eigenvalue weighted by molar-refractivity contribution is 7.85. The van der Waals surface area contributed by atoms with Gasteiger partial charge in [-0.3, -0.25) is 4.79 Å². The monoisotopic (exact) mass is 493 g/mol. The molecule has 0 heterocycles. The van der Waals surface area contributed by atoms with Crippen LogP contribution in [0.2, 0.25) is 0 Å². The molecule has 0 radical (unpaired) electrons. The summed E-state index contributed by atoms with van der Waals surface area (Å²) in [5.41, 5.74) is -2.91. The Kier molecular flexibility index (Phi) is 5.66. The van der Waals surface area contributed by atoms with Gasteiger partial charge in [0.1, 0.15) is 11.5 Å². The summed E-state index contributed by atoms with van der Waals surface area (Å²) in [5, 5.41) is 11.8. The number of quaternary nitrogens is 1. The summed E-state index contributed by atoms with van der Waals surface area (Å²) in [6.45, 7) is 2.87. The molecular formula is C15H16F9NO5S. The zero-order valence-corrected chi connectivity index (χ0v) is 16.6. The lowest BCUT2D eigenvalue weighted by Crippen LogP contribution is -3.15. The summed E-state index contributed by atoms with van der Waals surface area (Å²) in [6.07, 6.45) is -7.22. The van der Waals surface area contributed by atoms with E-state index in [0.717, 1.165) is 0 Å². The van der Waals surface area contributed by atoms with Gasteiger partial charge in [-0.1, -0.05) is 13.8 Å². The van der Waals surface area contributed by atoms with E-state index in [1.165, 1.54) is 13.8 Å². The molecule has 6 nitrogen and oxygen atoms in total. The minimum absolute atomic E-state index is 0.128. The van der Waals surface area contributed by atoms with Crippen molar-refractivity contribution < 1.29 is 62.0 Å². The maximum atomic E-state index is 13.7. The molecule has 0 aromatic rings. The van der Waals surface area contributed by atoms with Gasteiger partial charge in [0.05, 0.1) is 5.41 Å². The van der Waals surface area contributed by atoms with Crippen LogP contribution in [0.15, 0.2) is 0 Å². The quantitative estimate of drug-likeness (QED) is 0.452. The lowest BCUT2D eigenvalue weighted by atomic mass is 9.70. The maximum Gasteiger partial charge on any atom is 0.460 e. The summed E-state index contributed by atoms with van der Waals surface area (Å²) >= 11 is 0. The third-order valence-corrected chi connectivity index (χ3v) is 8.10. The molecule has 31 heavy (non-hydrogen) atoms. The lowest BCUT2D eigenvalue weighted by Gasteiger charge is -2.37. The number of carbonyl (C=O) groups excluding carboxylic acids is 2. The summed E-state index contributed by atoms with van der Waals surface area (Å²) < 4.78 is 138. The van der Waals surface area contributed by atoms with E-state index in [-0.39, 0.29) is 18.8 Å². The van der Waals surface area contributed by atoms with Crippen molar-refractivity contribution in [1.29, 1.82) is 0 Å². The first-order valence-electron chi connectivity index (χ1n) is 8.56.